The predicted octanol–water partition coefficient (Wildman–Crippen LogP) is 0.150. The molecule has 1 aromatic rings. The molecule has 0 aliphatic carbocycles. The van der Waals surface area contributed by atoms with Crippen molar-refractivity contribution in [3.05, 3.63) is 28.2 Å². The lowest BCUT2D eigenvalue weighted by Gasteiger charge is -2.05. The topological polar surface area (TPSA) is 80.4 Å². The Hall–Kier alpha value is -1.82. The van der Waals surface area contributed by atoms with E-state index in [2.05, 4.69) is 10.3 Å². The number of aromatic amines is 1. The number of carbonyl (C=O) groups is 1. The van der Waals surface area contributed by atoms with Gasteiger partial charge in [0.2, 0.25) is 5.43 Å². The van der Waals surface area contributed by atoms with Crippen molar-refractivity contribution < 1.29 is 14.3 Å². The Morgan fingerprint density at radius 1 is 1.47 bits per heavy atom. The van der Waals surface area contributed by atoms with Crippen LogP contribution in [0.2, 0.25) is 0 Å². The second kappa shape index (κ2) is 6.70. The van der Waals surface area contributed by atoms with Crippen molar-refractivity contribution >= 4 is 5.91 Å². The fraction of sp³-hybridized carbons (Fsp3) is 0.455. The van der Waals surface area contributed by atoms with E-state index in [4.69, 9.17) is 9.47 Å². The molecule has 0 bridgehead atoms. The van der Waals surface area contributed by atoms with Crippen LogP contribution in [0, 0.1) is 0 Å². The number of aromatic nitrogens is 1. The molecule has 0 radical (unpaired) electrons. The monoisotopic (exact) mass is 240 g/mol. The summed E-state index contributed by atoms with van der Waals surface area (Å²) < 4.78 is 9.65. The first-order chi connectivity index (χ1) is 8.19. The lowest BCUT2D eigenvalue weighted by molar-refractivity contribution is 0.0943. The van der Waals surface area contributed by atoms with Gasteiger partial charge in [-0.1, -0.05) is 0 Å². The molecule has 0 spiro atoms. The average Bonchev–Trinajstić information content (AvgIpc) is 2.34. The van der Waals surface area contributed by atoms with Crippen LogP contribution >= 0.6 is 0 Å². The molecule has 0 aromatic carbocycles. The van der Waals surface area contributed by atoms with Gasteiger partial charge in [-0.3, -0.25) is 9.59 Å². The second-order valence-electron chi connectivity index (χ2n) is 3.38. The largest absolute Gasteiger partial charge is 0.491 e. The van der Waals surface area contributed by atoms with E-state index in [0.29, 0.717) is 13.2 Å². The van der Waals surface area contributed by atoms with Gasteiger partial charge < -0.3 is 19.8 Å². The van der Waals surface area contributed by atoms with Crippen LogP contribution in [-0.4, -0.2) is 38.3 Å². The average molecular weight is 240 g/mol. The molecule has 2 N–H and O–H groups in total. The molecule has 1 aromatic heterocycles. The van der Waals surface area contributed by atoms with E-state index in [1.54, 1.807) is 7.11 Å². The maximum atomic E-state index is 11.6. The molecule has 0 atom stereocenters. The van der Waals surface area contributed by atoms with Crippen molar-refractivity contribution in [2.45, 2.75) is 6.42 Å². The van der Waals surface area contributed by atoms with Gasteiger partial charge in [0.1, 0.15) is 5.69 Å². The first-order valence-electron chi connectivity index (χ1n) is 5.23. The Bertz CT molecular complexity index is 428. The molecule has 0 saturated carbocycles. The molecule has 6 nitrogen and oxygen atoms in total. The van der Waals surface area contributed by atoms with E-state index in [-0.39, 0.29) is 22.8 Å². The summed E-state index contributed by atoms with van der Waals surface area (Å²) in [4.78, 5) is 25.7. The van der Waals surface area contributed by atoms with Crippen LogP contribution in [0.3, 0.4) is 0 Å². The van der Waals surface area contributed by atoms with Crippen molar-refractivity contribution in [3.63, 3.8) is 0 Å². The van der Waals surface area contributed by atoms with E-state index in [1.807, 2.05) is 0 Å². The summed E-state index contributed by atoms with van der Waals surface area (Å²) in [6.45, 7) is 1.08. The quantitative estimate of drug-likeness (QED) is 0.694. The van der Waals surface area contributed by atoms with E-state index in [9.17, 15) is 9.59 Å². The van der Waals surface area contributed by atoms with Crippen LogP contribution in [0.1, 0.15) is 16.9 Å². The van der Waals surface area contributed by atoms with Crippen molar-refractivity contribution in [2.24, 2.45) is 0 Å². The van der Waals surface area contributed by atoms with Gasteiger partial charge in [-0.2, -0.15) is 0 Å². The standard InChI is InChI=1S/C11H16N2O4/c1-16-5-3-4-12-11(15)8-6-9(14)10(17-2)7-13-8/h6-7H,3-5H2,1-2H3,(H,12,15)(H,13,14). The minimum atomic E-state index is -0.326. The Morgan fingerprint density at radius 2 is 2.24 bits per heavy atom. The molecular weight excluding hydrogens is 224 g/mol. The summed E-state index contributed by atoms with van der Waals surface area (Å²) >= 11 is 0. The fourth-order valence-corrected chi connectivity index (χ4v) is 1.26. The number of hydrogen-bond donors (Lipinski definition) is 2. The highest BCUT2D eigenvalue weighted by molar-refractivity contribution is 5.92. The molecule has 0 unspecified atom stereocenters. The first-order valence-corrected chi connectivity index (χ1v) is 5.23. The number of rotatable bonds is 6. The van der Waals surface area contributed by atoms with Crippen molar-refractivity contribution in [1.82, 2.24) is 10.3 Å². The fourth-order valence-electron chi connectivity index (χ4n) is 1.26. The molecule has 1 rings (SSSR count). The lowest BCUT2D eigenvalue weighted by Crippen LogP contribution is -2.27. The van der Waals surface area contributed by atoms with Crippen LogP contribution in [0.25, 0.3) is 0 Å². The van der Waals surface area contributed by atoms with Crippen LogP contribution in [0.5, 0.6) is 5.75 Å². The summed E-state index contributed by atoms with van der Waals surface area (Å²) in [7, 11) is 3.00. The van der Waals surface area contributed by atoms with Gasteiger partial charge in [0.05, 0.1) is 7.11 Å². The summed E-state index contributed by atoms with van der Waals surface area (Å²) in [6, 6.07) is 1.21. The number of methoxy groups -OCH3 is 2. The molecular formula is C11H16N2O4. The van der Waals surface area contributed by atoms with Gasteiger partial charge in [0.25, 0.3) is 5.91 Å². The molecule has 1 amide bonds. The number of carbonyl (C=O) groups excluding carboxylic acids is 1. The predicted molar refractivity (Wildman–Crippen MR) is 62.4 cm³/mol. The smallest absolute Gasteiger partial charge is 0.267 e. The third-order valence-electron chi connectivity index (χ3n) is 2.15. The minimum absolute atomic E-state index is 0.181. The Morgan fingerprint density at radius 3 is 2.82 bits per heavy atom. The molecule has 0 aliphatic rings. The maximum absolute atomic E-state index is 11.6. The van der Waals surface area contributed by atoms with Gasteiger partial charge in [-0.05, 0) is 6.42 Å². The zero-order valence-electron chi connectivity index (χ0n) is 9.91. The third kappa shape index (κ3) is 3.92. The molecule has 6 heteroatoms. The lowest BCUT2D eigenvalue weighted by atomic mass is 10.3. The summed E-state index contributed by atoms with van der Waals surface area (Å²) in [5, 5.41) is 2.67. The first kappa shape index (κ1) is 13.2. The number of ether oxygens (including phenoxy) is 2. The third-order valence-corrected chi connectivity index (χ3v) is 2.15. The zero-order chi connectivity index (χ0) is 12.7. The summed E-state index contributed by atoms with van der Waals surface area (Å²) in [5.41, 5.74) is -0.110. The normalized spacial score (nSPS) is 10.0. The number of H-pyrrole nitrogens is 1. The van der Waals surface area contributed by atoms with Gasteiger partial charge in [0, 0.05) is 32.5 Å². The van der Waals surface area contributed by atoms with E-state index in [0.717, 1.165) is 6.42 Å². The molecule has 0 aliphatic heterocycles. The van der Waals surface area contributed by atoms with Gasteiger partial charge >= 0.3 is 0 Å². The highest BCUT2D eigenvalue weighted by atomic mass is 16.5. The molecule has 17 heavy (non-hydrogen) atoms. The molecule has 0 saturated heterocycles. The molecule has 0 fully saturated rings. The van der Waals surface area contributed by atoms with Crippen LogP contribution in [-0.2, 0) is 4.74 Å². The molecule has 1 heterocycles. The van der Waals surface area contributed by atoms with Crippen LogP contribution in [0.4, 0.5) is 0 Å². The zero-order valence-corrected chi connectivity index (χ0v) is 9.91. The van der Waals surface area contributed by atoms with Crippen molar-refractivity contribution in [3.8, 4) is 5.75 Å². The maximum Gasteiger partial charge on any atom is 0.267 e. The highest BCUT2D eigenvalue weighted by Gasteiger charge is 2.08. The Kier molecular flexibility index (Phi) is 5.22. The highest BCUT2D eigenvalue weighted by Crippen LogP contribution is 2.00. The molecule has 94 valence electrons. The minimum Gasteiger partial charge on any atom is -0.491 e. The van der Waals surface area contributed by atoms with E-state index < -0.39 is 0 Å². The van der Waals surface area contributed by atoms with Crippen molar-refractivity contribution in [1.29, 1.82) is 0 Å². The van der Waals surface area contributed by atoms with Crippen LogP contribution < -0.4 is 15.5 Å². The van der Waals surface area contributed by atoms with Gasteiger partial charge in [0.15, 0.2) is 5.75 Å². The number of amides is 1. The Labute approximate surface area is 98.9 Å². The van der Waals surface area contributed by atoms with Gasteiger partial charge in [-0.25, -0.2) is 0 Å². The summed E-state index contributed by atoms with van der Waals surface area (Å²) in [6.07, 6.45) is 2.09. The van der Waals surface area contributed by atoms with Gasteiger partial charge in [-0.15, -0.1) is 0 Å². The SMILES string of the molecule is COCCCNC(=O)c1cc(=O)c(OC)c[nH]1. The van der Waals surface area contributed by atoms with E-state index in [1.165, 1.54) is 19.4 Å². The van der Waals surface area contributed by atoms with Crippen molar-refractivity contribution in [2.75, 3.05) is 27.4 Å². The number of pyridine rings is 1. The van der Waals surface area contributed by atoms with Crippen LogP contribution in [0.15, 0.2) is 17.1 Å². The number of hydrogen-bond acceptors (Lipinski definition) is 4. The Balaban J connectivity index is 2.57. The van der Waals surface area contributed by atoms with E-state index >= 15 is 0 Å². The number of nitrogens with one attached hydrogen (secondary N) is 2. The second-order valence-corrected chi connectivity index (χ2v) is 3.38. The summed E-state index contributed by atoms with van der Waals surface area (Å²) in [5.74, 6) is -0.137.